The summed E-state index contributed by atoms with van der Waals surface area (Å²) in [5.74, 6) is 0. The number of imidazole rings is 1. The van der Waals surface area contributed by atoms with Gasteiger partial charge in [-0.1, -0.05) is 11.6 Å². The molecule has 0 aliphatic rings. The Morgan fingerprint density at radius 2 is 2.27 bits per heavy atom. The molecule has 0 aliphatic heterocycles. The van der Waals surface area contributed by atoms with Crippen molar-refractivity contribution in [2.75, 3.05) is 14.1 Å². The largest absolute Gasteiger partial charge is 0.304 e. The van der Waals surface area contributed by atoms with E-state index in [0.717, 1.165) is 22.4 Å². The fourth-order valence-corrected chi connectivity index (χ4v) is 2.38. The first-order valence-electron chi connectivity index (χ1n) is 4.53. The molecule has 0 saturated carbocycles. The molecule has 0 aliphatic carbocycles. The molecule has 0 fully saturated rings. The highest BCUT2D eigenvalue weighted by atomic mass is 79.9. The molecular weight excluding hydrogens is 277 g/mol. The Hall–Kier alpha value is -0.580. The van der Waals surface area contributed by atoms with Gasteiger partial charge in [-0.05, 0) is 36.1 Å². The monoisotopic (exact) mass is 287 g/mol. The average molecular weight is 289 g/mol. The van der Waals surface area contributed by atoms with Crippen molar-refractivity contribution in [2.45, 2.75) is 6.54 Å². The van der Waals surface area contributed by atoms with Gasteiger partial charge in [-0.15, -0.1) is 0 Å². The number of pyridine rings is 1. The average Bonchev–Trinajstić information content (AvgIpc) is 2.48. The van der Waals surface area contributed by atoms with Crippen molar-refractivity contribution in [3.8, 4) is 0 Å². The smallest absolute Gasteiger partial charge is 0.151 e. The number of fused-ring (bicyclic) bond motifs is 1. The second-order valence-corrected chi connectivity index (χ2v) is 4.98. The van der Waals surface area contributed by atoms with Gasteiger partial charge in [-0.25, -0.2) is 4.98 Å². The van der Waals surface area contributed by atoms with E-state index in [2.05, 4.69) is 25.8 Å². The Morgan fingerprint density at radius 3 is 2.93 bits per heavy atom. The summed E-state index contributed by atoms with van der Waals surface area (Å²) in [5.41, 5.74) is 2.02. The predicted molar refractivity (Wildman–Crippen MR) is 65.3 cm³/mol. The highest BCUT2D eigenvalue weighted by Gasteiger charge is 2.07. The lowest BCUT2D eigenvalue weighted by Gasteiger charge is -2.09. The fourth-order valence-electron chi connectivity index (χ4n) is 1.50. The topological polar surface area (TPSA) is 20.5 Å². The van der Waals surface area contributed by atoms with Crippen molar-refractivity contribution in [1.82, 2.24) is 14.3 Å². The van der Waals surface area contributed by atoms with Gasteiger partial charge in [0.15, 0.2) is 5.65 Å². The molecule has 0 aromatic carbocycles. The summed E-state index contributed by atoms with van der Waals surface area (Å²) >= 11 is 9.44. The predicted octanol–water partition coefficient (Wildman–Crippen LogP) is 2.81. The van der Waals surface area contributed by atoms with Crippen molar-refractivity contribution >= 4 is 33.2 Å². The third kappa shape index (κ3) is 2.17. The summed E-state index contributed by atoms with van der Waals surface area (Å²) < 4.78 is 2.92. The van der Waals surface area contributed by atoms with E-state index in [1.165, 1.54) is 0 Å². The molecule has 2 aromatic rings. The molecule has 5 heteroatoms. The number of nitrogens with zero attached hydrogens (tertiary/aromatic N) is 3. The van der Waals surface area contributed by atoms with Crippen LogP contribution < -0.4 is 0 Å². The van der Waals surface area contributed by atoms with Gasteiger partial charge in [0, 0.05) is 12.7 Å². The minimum absolute atomic E-state index is 0.701. The van der Waals surface area contributed by atoms with Crippen LogP contribution in [0.15, 0.2) is 22.9 Å². The van der Waals surface area contributed by atoms with Crippen LogP contribution >= 0.6 is 27.5 Å². The van der Waals surface area contributed by atoms with Crippen LogP contribution in [0.2, 0.25) is 5.02 Å². The molecule has 0 atom stereocenters. The van der Waals surface area contributed by atoms with Gasteiger partial charge in [-0.2, -0.15) is 0 Å². The standard InChI is InChI=1S/C10H11BrClN3/c1-14(2)6-8-4-13-10-9(11)3-7(12)5-15(8)10/h3-5H,6H2,1-2H3. The molecule has 2 aromatic heterocycles. The van der Waals surface area contributed by atoms with E-state index in [-0.39, 0.29) is 0 Å². The first kappa shape index (κ1) is 10.9. The highest BCUT2D eigenvalue weighted by Crippen LogP contribution is 2.23. The Balaban J connectivity index is 2.58. The molecule has 0 N–H and O–H groups in total. The zero-order valence-electron chi connectivity index (χ0n) is 8.54. The van der Waals surface area contributed by atoms with Gasteiger partial charge in [-0.3, -0.25) is 0 Å². The van der Waals surface area contributed by atoms with E-state index in [1.54, 1.807) is 0 Å². The normalized spacial score (nSPS) is 11.5. The summed E-state index contributed by atoms with van der Waals surface area (Å²) in [6.07, 6.45) is 3.75. The maximum Gasteiger partial charge on any atom is 0.151 e. The molecule has 0 saturated heterocycles. The minimum atomic E-state index is 0.701. The van der Waals surface area contributed by atoms with E-state index in [0.29, 0.717) is 5.02 Å². The molecule has 0 bridgehead atoms. The summed E-state index contributed by atoms with van der Waals surface area (Å²) in [5, 5.41) is 0.701. The third-order valence-electron chi connectivity index (χ3n) is 2.08. The van der Waals surface area contributed by atoms with Crippen LogP contribution in [0.4, 0.5) is 0 Å². The maximum atomic E-state index is 6.00. The Kier molecular flexibility index (Phi) is 3.00. The Morgan fingerprint density at radius 1 is 1.53 bits per heavy atom. The van der Waals surface area contributed by atoms with Gasteiger partial charge in [0.2, 0.25) is 0 Å². The maximum absolute atomic E-state index is 6.00. The lowest BCUT2D eigenvalue weighted by atomic mass is 10.4. The van der Waals surface area contributed by atoms with Crippen molar-refractivity contribution in [3.05, 3.63) is 33.6 Å². The second kappa shape index (κ2) is 4.12. The fraction of sp³-hybridized carbons (Fsp3) is 0.300. The number of aromatic nitrogens is 2. The SMILES string of the molecule is CN(C)Cc1cnc2c(Br)cc(Cl)cn12. The lowest BCUT2D eigenvalue weighted by Crippen LogP contribution is -2.12. The summed E-state index contributed by atoms with van der Waals surface area (Å²) in [7, 11) is 4.05. The van der Waals surface area contributed by atoms with Crippen LogP contribution in [0.5, 0.6) is 0 Å². The second-order valence-electron chi connectivity index (χ2n) is 3.69. The van der Waals surface area contributed by atoms with Gasteiger partial charge >= 0.3 is 0 Å². The molecule has 0 spiro atoms. The van der Waals surface area contributed by atoms with E-state index in [9.17, 15) is 0 Å². The van der Waals surface area contributed by atoms with E-state index < -0.39 is 0 Å². The zero-order valence-corrected chi connectivity index (χ0v) is 10.9. The molecule has 2 heterocycles. The number of hydrogen-bond donors (Lipinski definition) is 0. The molecule has 80 valence electrons. The molecule has 2 rings (SSSR count). The van der Waals surface area contributed by atoms with Gasteiger partial charge < -0.3 is 9.30 Å². The Bertz CT molecular complexity index is 493. The van der Waals surface area contributed by atoms with E-state index in [4.69, 9.17) is 11.6 Å². The number of hydrogen-bond acceptors (Lipinski definition) is 2. The van der Waals surface area contributed by atoms with Gasteiger partial charge in [0.25, 0.3) is 0 Å². The van der Waals surface area contributed by atoms with E-state index >= 15 is 0 Å². The lowest BCUT2D eigenvalue weighted by molar-refractivity contribution is 0.395. The first-order valence-corrected chi connectivity index (χ1v) is 5.71. The minimum Gasteiger partial charge on any atom is -0.304 e. The van der Waals surface area contributed by atoms with Gasteiger partial charge in [0.05, 0.1) is 21.4 Å². The van der Waals surface area contributed by atoms with Crippen molar-refractivity contribution < 1.29 is 0 Å². The van der Waals surface area contributed by atoms with Crippen LogP contribution in [0.25, 0.3) is 5.65 Å². The number of halogens is 2. The van der Waals surface area contributed by atoms with Crippen LogP contribution in [0.1, 0.15) is 5.69 Å². The first-order chi connectivity index (χ1) is 7.08. The summed E-state index contributed by atoms with van der Waals surface area (Å²) in [4.78, 5) is 6.44. The molecule has 0 amide bonds. The number of rotatable bonds is 2. The molecule has 0 radical (unpaired) electrons. The molecular formula is C10H11BrClN3. The quantitative estimate of drug-likeness (QED) is 0.847. The van der Waals surface area contributed by atoms with Crippen molar-refractivity contribution in [3.63, 3.8) is 0 Å². The Labute approximate surface area is 102 Å². The summed E-state index contributed by atoms with van der Waals surface area (Å²) in [6.45, 7) is 0.841. The molecule has 0 unspecified atom stereocenters. The third-order valence-corrected chi connectivity index (χ3v) is 2.87. The highest BCUT2D eigenvalue weighted by molar-refractivity contribution is 9.10. The van der Waals surface area contributed by atoms with Crippen LogP contribution in [0.3, 0.4) is 0 Å². The van der Waals surface area contributed by atoms with Crippen LogP contribution in [0, 0.1) is 0 Å². The summed E-state index contributed by atoms with van der Waals surface area (Å²) in [6, 6.07) is 1.85. The van der Waals surface area contributed by atoms with Gasteiger partial charge in [0.1, 0.15) is 0 Å². The van der Waals surface area contributed by atoms with Crippen molar-refractivity contribution in [1.29, 1.82) is 0 Å². The zero-order chi connectivity index (χ0) is 11.0. The van der Waals surface area contributed by atoms with Crippen molar-refractivity contribution in [2.24, 2.45) is 0 Å². The molecule has 15 heavy (non-hydrogen) atoms. The van der Waals surface area contributed by atoms with Crippen LogP contribution in [-0.2, 0) is 6.54 Å². The van der Waals surface area contributed by atoms with Crippen LogP contribution in [-0.4, -0.2) is 28.4 Å². The molecule has 3 nitrogen and oxygen atoms in total. The van der Waals surface area contributed by atoms with E-state index in [1.807, 2.05) is 37.0 Å².